The number of rotatable bonds is 7. The zero-order valence-corrected chi connectivity index (χ0v) is 17.0. The summed E-state index contributed by atoms with van der Waals surface area (Å²) in [5, 5.41) is 11.6. The highest BCUT2D eigenvalue weighted by Crippen LogP contribution is 2.18. The third-order valence-electron chi connectivity index (χ3n) is 4.23. The van der Waals surface area contributed by atoms with Crippen LogP contribution in [0.1, 0.15) is 21.6 Å². The molecule has 0 saturated heterocycles. The van der Waals surface area contributed by atoms with Crippen LogP contribution in [0, 0.1) is 5.82 Å². The minimum absolute atomic E-state index is 0.0171. The van der Waals surface area contributed by atoms with Crippen LogP contribution in [0.5, 0.6) is 0 Å². The standard InChI is InChI=1S/C21H17FN6O2S/c22-17-4-2-1-3-16(17)20(30)26-21-24-15(13-31-21)11-19(29)25-18-7-10-28(27-18)12-14-5-8-23-9-6-14/h1-10,13H,11-12H2,(H,24,26,30)(H,25,27,29). The largest absolute Gasteiger partial charge is 0.309 e. The van der Waals surface area contributed by atoms with Gasteiger partial charge in [0, 0.05) is 30.0 Å². The molecule has 0 radical (unpaired) electrons. The van der Waals surface area contributed by atoms with Gasteiger partial charge in [-0.2, -0.15) is 5.10 Å². The van der Waals surface area contributed by atoms with Crippen molar-refractivity contribution in [1.29, 1.82) is 0 Å². The number of halogens is 1. The van der Waals surface area contributed by atoms with Crippen LogP contribution in [0.4, 0.5) is 15.3 Å². The third kappa shape index (κ3) is 5.37. The smallest absolute Gasteiger partial charge is 0.260 e. The second-order valence-electron chi connectivity index (χ2n) is 6.56. The van der Waals surface area contributed by atoms with E-state index in [2.05, 4.69) is 25.7 Å². The van der Waals surface area contributed by atoms with Crippen LogP contribution in [0.2, 0.25) is 0 Å². The fraction of sp³-hybridized carbons (Fsp3) is 0.0952. The molecule has 0 spiro atoms. The van der Waals surface area contributed by atoms with Gasteiger partial charge in [-0.3, -0.25) is 24.6 Å². The lowest BCUT2D eigenvalue weighted by molar-refractivity contribution is -0.115. The molecule has 0 aliphatic heterocycles. The van der Waals surface area contributed by atoms with Crippen molar-refractivity contribution in [3.63, 3.8) is 0 Å². The van der Waals surface area contributed by atoms with E-state index in [1.807, 2.05) is 12.1 Å². The third-order valence-corrected chi connectivity index (χ3v) is 5.04. The maximum absolute atomic E-state index is 13.7. The van der Waals surface area contributed by atoms with Gasteiger partial charge in [0.25, 0.3) is 5.91 Å². The molecule has 0 unspecified atom stereocenters. The van der Waals surface area contributed by atoms with Crippen molar-refractivity contribution in [2.45, 2.75) is 13.0 Å². The molecule has 0 fully saturated rings. The molecule has 2 amide bonds. The molecule has 0 saturated carbocycles. The summed E-state index contributed by atoms with van der Waals surface area (Å²) in [6.45, 7) is 0.565. The Labute approximate surface area is 180 Å². The van der Waals surface area contributed by atoms with Crippen LogP contribution in [0.3, 0.4) is 0 Å². The predicted molar refractivity (Wildman–Crippen MR) is 114 cm³/mol. The van der Waals surface area contributed by atoms with Gasteiger partial charge >= 0.3 is 0 Å². The lowest BCUT2D eigenvalue weighted by Crippen LogP contribution is -2.16. The SMILES string of the molecule is O=C(Cc1csc(NC(=O)c2ccccc2F)n1)Nc1ccn(Cc2ccncc2)n1. The highest BCUT2D eigenvalue weighted by atomic mass is 32.1. The van der Waals surface area contributed by atoms with E-state index in [1.54, 1.807) is 40.8 Å². The van der Waals surface area contributed by atoms with Crippen molar-refractivity contribution in [2.24, 2.45) is 0 Å². The number of pyridine rings is 1. The minimum Gasteiger partial charge on any atom is -0.309 e. The first kappa shape index (κ1) is 20.4. The molecule has 156 valence electrons. The van der Waals surface area contributed by atoms with E-state index in [4.69, 9.17) is 0 Å². The summed E-state index contributed by atoms with van der Waals surface area (Å²) in [6, 6.07) is 11.2. The molecule has 3 aromatic heterocycles. The molecule has 31 heavy (non-hydrogen) atoms. The number of amides is 2. The van der Waals surface area contributed by atoms with Gasteiger partial charge in [0.2, 0.25) is 5.91 Å². The van der Waals surface area contributed by atoms with E-state index in [-0.39, 0.29) is 23.0 Å². The Kier molecular flexibility index (Phi) is 6.08. The molecule has 3 heterocycles. The van der Waals surface area contributed by atoms with Gasteiger partial charge in [-0.25, -0.2) is 9.37 Å². The first-order valence-electron chi connectivity index (χ1n) is 9.29. The maximum atomic E-state index is 13.7. The predicted octanol–water partition coefficient (Wildman–Crippen LogP) is 3.36. The fourth-order valence-electron chi connectivity index (χ4n) is 2.80. The minimum atomic E-state index is -0.612. The zero-order valence-electron chi connectivity index (χ0n) is 16.2. The van der Waals surface area contributed by atoms with E-state index in [1.165, 1.54) is 18.2 Å². The van der Waals surface area contributed by atoms with Crippen molar-refractivity contribution < 1.29 is 14.0 Å². The topological polar surface area (TPSA) is 102 Å². The molecule has 4 aromatic rings. The van der Waals surface area contributed by atoms with Crippen LogP contribution >= 0.6 is 11.3 Å². The number of thiazole rings is 1. The lowest BCUT2D eigenvalue weighted by atomic mass is 10.2. The summed E-state index contributed by atoms with van der Waals surface area (Å²) in [5.74, 6) is -1.06. The summed E-state index contributed by atoms with van der Waals surface area (Å²) >= 11 is 1.16. The Bertz CT molecular complexity index is 1210. The molecule has 8 nitrogen and oxygen atoms in total. The summed E-state index contributed by atoms with van der Waals surface area (Å²) in [7, 11) is 0. The first-order chi connectivity index (χ1) is 15.1. The van der Waals surface area contributed by atoms with Crippen LogP contribution < -0.4 is 10.6 Å². The van der Waals surface area contributed by atoms with Gasteiger partial charge in [-0.15, -0.1) is 11.3 Å². The number of aromatic nitrogens is 4. The second kappa shape index (κ2) is 9.26. The summed E-state index contributed by atoms with van der Waals surface area (Å²) in [5.41, 5.74) is 1.46. The molecule has 1 aromatic carbocycles. The molecular formula is C21H17FN6O2S. The van der Waals surface area contributed by atoms with Crippen molar-refractivity contribution >= 4 is 34.1 Å². The average Bonchev–Trinajstić information content (AvgIpc) is 3.38. The summed E-state index contributed by atoms with van der Waals surface area (Å²) in [4.78, 5) is 32.7. The van der Waals surface area contributed by atoms with E-state index >= 15 is 0 Å². The van der Waals surface area contributed by atoms with Crippen LogP contribution in [0.25, 0.3) is 0 Å². The number of nitrogens with one attached hydrogen (secondary N) is 2. The summed E-state index contributed by atoms with van der Waals surface area (Å²) in [6.07, 6.45) is 5.21. The monoisotopic (exact) mass is 436 g/mol. The average molecular weight is 436 g/mol. The van der Waals surface area contributed by atoms with Crippen molar-refractivity contribution in [2.75, 3.05) is 10.6 Å². The van der Waals surface area contributed by atoms with Gasteiger partial charge in [0.1, 0.15) is 5.82 Å². The van der Waals surface area contributed by atoms with Crippen molar-refractivity contribution in [3.8, 4) is 0 Å². The molecule has 0 bridgehead atoms. The Morgan fingerprint density at radius 2 is 1.87 bits per heavy atom. The van der Waals surface area contributed by atoms with Crippen LogP contribution in [-0.2, 0) is 17.8 Å². The number of benzene rings is 1. The number of nitrogens with zero attached hydrogens (tertiary/aromatic N) is 4. The quantitative estimate of drug-likeness (QED) is 0.463. The normalized spacial score (nSPS) is 10.6. The van der Waals surface area contributed by atoms with Gasteiger partial charge in [0.15, 0.2) is 10.9 Å². The molecule has 0 aliphatic rings. The number of carbonyl (C=O) groups is 2. The van der Waals surface area contributed by atoms with Crippen LogP contribution in [-0.4, -0.2) is 31.6 Å². The van der Waals surface area contributed by atoms with Gasteiger partial charge in [-0.05, 0) is 29.8 Å². The van der Waals surface area contributed by atoms with Gasteiger partial charge in [0.05, 0.1) is 24.2 Å². The lowest BCUT2D eigenvalue weighted by Gasteiger charge is -2.03. The Morgan fingerprint density at radius 1 is 1.06 bits per heavy atom. The molecular weight excluding hydrogens is 419 g/mol. The molecule has 2 N–H and O–H groups in total. The Balaban J connectivity index is 1.31. The number of hydrogen-bond donors (Lipinski definition) is 2. The Hall–Kier alpha value is -3.92. The van der Waals surface area contributed by atoms with E-state index in [0.29, 0.717) is 18.1 Å². The molecule has 0 atom stereocenters. The number of anilines is 2. The highest BCUT2D eigenvalue weighted by Gasteiger charge is 2.14. The van der Waals surface area contributed by atoms with Gasteiger partial charge < -0.3 is 5.32 Å². The summed E-state index contributed by atoms with van der Waals surface area (Å²) < 4.78 is 15.4. The molecule has 4 rings (SSSR count). The fourth-order valence-corrected chi connectivity index (χ4v) is 3.50. The molecule has 10 heteroatoms. The van der Waals surface area contributed by atoms with E-state index < -0.39 is 11.7 Å². The van der Waals surface area contributed by atoms with E-state index in [9.17, 15) is 14.0 Å². The van der Waals surface area contributed by atoms with Gasteiger partial charge in [-0.1, -0.05) is 12.1 Å². The van der Waals surface area contributed by atoms with Crippen molar-refractivity contribution in [3.05, 3.63) is 89.1 Å². The molecule has 0 aliphatic carbocycles. The highest BCUT2D eigenvalue weighted by molar-refractivity contribution is 7.14. The first-order valence-corrected chi connectivity index (χ1v) is 10.2. The zero-order chi connectivity index (χ0) is 21.6. The number of carbonyl (C=O) groups excluding carboxylic acids is 2. The maximum Gasteiger partial charge on any atom is 0.260 e. The van der Waals surface area contributed by atoms with Crippen molar-refractivity contribution in [1.82, 2.24) is 19.7 Å². The second-order valence-corrected chi connectivity index (χ2v) is 7.42. The Morgan fingerprint density at radius 3 is 2.68 bits per heavy atom. The van der Waals surface area contributed by atoms with E-state index in [0.717, 1.165) is 16.9 Å². The van der Waals surface area contributed by atoms with Crippen LogP contribution in [0.15, 0.2) is 66.4 Å². The number of hydrogen-bond acceptors (Lipinski definition) is 6.